The normalized spacial score (nSPS) is 10.7. The molecule has 2 aromatic carbocycles. The van der Waals surface area contributed by atoms with E-state index in [1.165, 1.54) is 11.1 Å². The van der Waals surface area contributed by atoms with Crippen LogP contribution in [0.3, 0.4) is 0 Å². The molecule has 0 aliphatic carbocycles. The number of carbonyl (C=O) groups excluding carboxylic acids is 1. The van der Waals surface area contributed by atoms with E-state index in [-0.39, 0.29) is 5.91 Å². The summed E-state index contributed by atoms with van der Waals surface area (Å²) in [6.45, 7) is 3.24. The maximum atomic E-state index is 12.0. The zero-order valence-electron chi connectivity index (χ0n) is 12.3. The van der Waals surface area contributed by atoms with Gasteiger partial charge in [-0.3, -0.25) is 9.69 Å². The van der Waals surface area contributed by atoms with Gasteiger partial charge >= 0.3 is 0 Å². The van der Waals surface area contributed by atoms with E-state index in [0.717, 1.165) is 15.8 Å². The highest BCUT2D eigenvalue weighted by Gasteiger charge is 2.08. The van der Waals surface area contributed by atoms with Crippen molar-refractivity contribution in [2.75, 3.05) is 18.9 Å². The molecule has 2 aromatic rings. The van der Waals surface area contributed by atoms with Crippen molar-refractivity contribution >= 4 is 34.2 Å². The Morgan fingerprint density at radius 2 is 1.81 bits per heavy atom. The lowest BCUT2D eigenvalue weighted by Crippen LogP contribution is -2.30. The SMILES string of the molecule is Cc1ccccc1CN(C)CC(=O)Nc1ccc(I)cc1. The molecule has 1 amide bonds. The van der Waals surface area contributed by atoms with Crippen LogP contribution in [0, 0.1) is 10.5 Å². The number of amides is 1. The lowest BCUT2D eigenvalue weighted by Gasteiger charge is -2.17. The van der Waals surface area contributed by atoms with Crippen LogP contribution < -0.4 is 5.32 Å². The number of rotatable bonds is 5. The molecule has 0 aliphatic rings. The third-order valence-corrected chi connectivity index (χ3v) is 3.96. The molecule has 0 unspecified atom stereocenters. The second-order valence-electron chi connectivity index (χ2n) is 5.15. The number of likely N-dealkylation sites (N-methyl/N-ethyl adjacent to an activating group) is 1. The predicted octanol–water partition coefficient (Wildman–Crippen LogP) is 3.67. The van der Waals surface area contributed by atoms with Crippen LogP contribution >= 0.6 is 22.6 Å². The largest absolute Gasteiger partial charge is 0.325 e. The van der Waals surface area contributed by atoms with Crippen molar-refractivity contribution in [3.8, 4) is 0 Å². The van der Waals surface area contributed by atoms with Crippen molar-refractivity contribution in [1.29, 1.82) is 0 Å². The van der Waals surface area contributed by atoms with E-state index < -0.39 is 0 Å². The monoisotopic (exact) mass is 394 g/mol. The average molecular weight is 394 g/mol. The summed E-state index contributed by atoms with van der Waals surface area (Å²) in [6, 6.07) is 16.0. The number of aryl methyl sites for hydroxylation is 1. The van der Waals surface area contributed by atoms with Crippen molar-refractivity contribution in [3.05, 3.63) is 63.2 Å². The second-order valence-corrected chi connectivity index (χ2v) is 6.40. The van der Waals surface area contributed by atoms with Crippen LogP contribution in [0.5, 0.6) is 0 Å². The molecule has 0 spiro atoms. The molecule has 0 fully saturated rings. The van der Waals surface area contributed by atoms with Crippen molar-refractivity contribution in [3.63, 3.8) is 0 Å². The smallest absolute Gasteiger partial charge is 0.238 e. The summed E-state index contributed by atoms with van der Waals surface area (Å²) in [5, 5.41) is 2.92. The van der Waals surface area contributed by atoms with Crippen LogP contribution in [-0.2, 0) is 11.3 Å². The molecule has 0 aliphatic heterocycles. The Labute approximate surface area is 139 Å². The van der Waals surface area contributed by atoms with E-state index in [1.807, 2.05) is 48.3 Å². The van der Waals surface area contributed by atoms with Crippen LogP contribution in [0.4, 0.5) is 5.69 Å². The van der Waals surface area contributed by atoms with Gasteiger partial charge in [0, 0.05) is 15.8 Å². The molecule has 0 saturated heterocycles. The first-order chi connectivity index (χ1) is 10.0. The number of nitrogens with one attached hydrogen (secondary N) is 1. The quantitative estimate of drug-likeness (QED) is 0.785. The molecular formula is C17H19IN2O. The maximum Gasteiger partial charge on any atom is 0.238 e. The minimum Gasteiger partial charge on any atom is -0.325 e. The summed E-state index contributed by atoms with van der Waals surface area (Å²) in [4.78, 5) is 14.0. The number of nitrogens with zero attached hydrogens (tertiary/aromatic N) is 1. The highest BCUT2D eigenvalue weighted by Crippen LogP contribution is 2.12. The molecule has 0 saturated carbocycles. The summed E-state index contributed by atoms with van der Waals surface area (Å²) in [5.74, 6) is 0.00675. The highest BCUT2D eigenvalue weighted by molar-refractivity contribution is 14.1. The van der Waals surface area contributed by atoms with E-state index in [2.05, 4.69) is 47.0 Å². The van der Waals surface area contributed by atoms with Crippen molar-refractivity contribution < 1.29 is 4.79 Å². The van der Waals surface area contributed by atoms with Gasteiger partial charge in [0.15, 0.2) is 0 Å². The molecule has 0 bridgehead atoms. The predicted molar refractivity (Wildman–Crippen MR) is 95.3 cm³/mol. The molecule has 0 aromatic heterocycles. The average Bonchev–Trinajstić information content (AvgIpc) is 2.44. The lowest BCUT2D eigenvalue weighted by atomic mass is 10.1. The highest BCUT2D eigenvalue weighted by atomic mass is 127. The lowest BCUT2D eigenvalue weighted by molar-refractivity contribution is -0.117. The van der Waals surface area contributed by atoms with Gasteiger partial charge < -0.3 is 5.32 Å². The first-order valence-corrected chi connectivity index (χ1v) is 7.91. The summed E-state index contributed by atoms with van der Waals surface area (Å²) in [6.07, 6.45) is 0. The summed E-state index contributed by atoms with van der Waals surface area (Å²) in [5.41, 5.74) is 3.34. The molecule has 0 radical (unpaired) electrons. The Morgan fingerprint density at radius 3 is 2.48 bits per heavy atom. The molecule has 110 valence electrons. The molecule has 21 heavy (non-hydrogen) atoms. The van der Waals surface area contributed by atoms with Crippen molar-refractivity contribution in [2.45, 2.75) is 13.5 Å². The summed E-state index contributed by atoms with van der Waals surface area (Å²) >= 11 is 2.24. The van der Waals surface area contributed by atoms with E-state index >= 15 is 0 Å². The molecule has 3 nitrogen and oxygen atoms in total. The molecule has 0 atom stereocenters. The van der Waals surface area contributed by atoms with Gasteiger partial charge in [-0.15, -0.1) is 0 Å². The van der Waals surface area contributed by atoms with Crippen LogP contribution in [0.1, 0.15) is 11.1 Å². The number of carbonyl (C=O) groups is 1. The molecular weight excluding hydrogens is 375 g/mol. The Kier molecular flexibility index (Phi) is 5.76. The van der Waals surface area contributed by atoms with Gasteiger partial charge in [0.05, 0.1) is 6.54 Å². The Balaban J connectivity index is 1.87. The first-order valence-electron chi connectivity index (χ1n) is 6.83. The Bertz CT molecular complexity index is 610. The topological polar surface area (TPSA) is 32.3 Å². The fourth-order valence-electron chi connectivity index (χ4n) is 2.11. The Hall–Kier alpha value is -1.40. The van der Waals surface area contributed by atoms with Gasteiger partial charge in [-0.05, 0) is 72.0 Å². The summed E-state index contributed by atoms with van der Waals surface area (Å²) in [7, 11) is 1.96. The van der Waals surface area contributed by atoms with Crippen LogP contribution in [0.15, 0.2) is 48.5 Å². The number of hydrogen-bond acceptors (Lipinski definition) is 2. The minimum atomic E-state index is 0.00675. The molecule has 0 heterocycles. The maximum absolute atomic E-state index is 12.0. The van der Waals surface area contributed by atoms with Gasteiger partial charge in [0.25, 0.3) is 0 Å². The van der Waals surface area contributed by atoms with Gasteiger partial charge in [0.2, 0.25) is 5.91 Å². The van der Waals surface area contributed by atoms with Crippen molar-refractivity contribution in [1.82, 2.24) is 4.90 Å². The minimum absolute atomic E-state index is 0.00675. The number of halogens is 1. The molecule has 1 N–H and O–H groups in total. The van der Waals surface area contributed by atoms with Crippen LogP contribution in [0.25, 0.3) is 0 Å². The van der Waals surface area contributed by atoms with Crippen molar-refractivity contribution in [2.24, 2.45) is 0 Å². The van der Waals surface area contributed by atoms with Crippen LogP contribution in [0.2, 0.25) is 0 Å². The van der Waals surface area contributed by atoms with Crippen LogP contribution in [-0.4, -0.2) is 24.4 Å². The zero-order valence-corrected chi connectivity index (χ0v) is 14.4. The molecule has 2 rings (SSSR count). The fourth-order valence-corrected chi connectivity index (χ4v) is 2.47. The molecule has 4 heteroatoms. The van der Waals surface area contributed by atoms with E-state index in [0.29, 0.717) is 6.54 Å². The number of hydrogen-bond donors (Lipinski definition) is 1. The third-order valence-electron chi connectivity index (χ3n) is 3.24. The standard InChI is InChI=1S/C17H19IN2O/c1-13-5-3-4-6-14(13)11-20(2)12-17(21)19-16-9-7-15(18)8-10-16/h3-10H,11-12H2,1-2H3,(H,19,21). The van der Waals surface area contributed by atoms with Gasteiger partial charge in [-0.2, -0.15) is 0 Å². The number of benzene rings is 2. The van der Waals surface area contributed by atoms with Gasteiger partial charge in [0.1, 0.15) is 0 Å². The Morgan fingerprint density at radius 1 is 1.14 bits per heavy atom. The van der Waals surface area contributed by atoms with Gasteiger partial charge in [-0.1, -0.05) is 24.3 Å². The second kappa shape index (κ2) is 7.56. The first kappa shape index (κ1) is 16.0. The fraction of sp³-hybridized carbons (Fsp3) is 0.235. The summed E-state index contributed by atoms with van der Waals surface area (Å²) < 4.78 is 1.15. The van der Waals surface area contributed by atoms with Gasteiger partial charge in [-0.25, -0.2) is 0 Å². The van der Waals surface area contributed by atoms with E-state index in [1.54, 1.807) is 0 Å². The third kappa shape index (κ3) is 5.13. The zero-order chi connectivity index (χ0) is 15.2. The van der Waals surface area contributed by atoms with E-state index in [4.69, 9.17) is 0 Å². The number of anilines is 1. The van der Waals surface area contributed by atoms with E-state index in [9.17, 15) is 4.79 Å².